The Hall–Kier alpha value is -2.18. The van der Waals surface area contributed by atoms with Gasteiger partial charge in [-0.15, -0.1) is 0 Å². The third kappa shape index (κ3) is 6.41. The predicted octanol–water partition coefficient (Wildman–Crippen LogP) is 3.37. The van der Waals surface area contributed by atoms with Gasteiger partial charge in [-0.05, 0) is 74.3 Å². The van der Waals surface area contributed by atoms with Crippen molar-refractivity contribution in [2.45, 2.75) is 62.8 Å². The number of aryl methyl sites for hydroxylation is 3. The maximum atomic E-state index is 12.5. The van der Waals surface area contributed by atoms with E-state index in [2.05, 4.69) is 22.2 Å². The fourth-order valence-corrected chi connectivity index (χ4v) is 4.79. The van der Waals surface area contributed by atoms with Crippen LogP contribution in [0.15, 0.2) is 53.4 Å². The maximum Gasteiger partial charge on any atom is 0.240 e. The summed E-state index contributed by atoms with van der Waals surface area (Å²) in [5, 5.41) is 2.94. The summed E-state index contributed by atoms with van der Waals surface area (Å²) in [7, 11) is -3.59. The molecule has 0 bridgehead atoms. The summed E-state index contributed by atoms with van der Waals surface area (Å²) in [6.45, 7) is 2.06. The van der Waals surface area contributed by atoms with Crippen LogP contribution in [0.2, 0.25) is 0 Å². The van der Waals surface area contributed by atoms with Crippen molar-refractivity contribution in [2.75, 3.05) is 6.54 Å². The van der Waals surface area contributed by atoms with E-state index in [1.165, 1.54) is 11.1 Å². The molecular formula is C23H30N2O3S. The summed E-state index contributed by atoms with van der Waals surface area (Å²) in [5.74, 6) is -0.140. The first-order chi connectivity index (χ1) is 13.9. The Morgan fingerprint density at radius 1 is 1.03 bits per heavy atom. The fourth-order valence-electron chi connectivity index (χ4n) is 3.71. The average Bonchev–Trinajstić information content (AvgIpc) is 2.72. The van der Waals surface area contributed by atoms with Gasteiger partial charge in [-0.2, -0.15) is 0 Å². The summed E-state index contributed by atoms with van der Waals surface area (Å²) in [5.41, 5.74) is 3.62. The molecule has 1 aliphatic carbocycles. The molecule has 1 aliphatic rings. The molecule has 0 fully saturated rings. The number of benzene rings is 2. The minimum Gasteiger partial charge on any atom is -0.354 e. The first-order valence-corrected chi connectivity index (χ1v) is 11.9. The van der Waals surface area contributed by atoms with Gasteiger partial charge >= 0.3 is 0 Å². The zero-order valence-electron chi connectivity index (χ0n) is 17.0. The van der Waals surface area contributed by atoms with Crippen LogP contribution in [0.5, 0.6) is 0 Å². The van der Waals surface area contributed by atoms with E-state index in [0.29, 0.717) is 0 Å². The molecule has 0 radical (unpaired) electrons. The topological polar surface area (TPSA) is 75.3 Å². The van der Waals surface area contributed by atoms with Crippen LogP contribution in [0.25, 0.3) is 0 Å². The van der Waals surface area contributed by atoms with Crippen LogP contribution < -0.4 is 10.0 Å². The molecule has 2 aromatic rings. The third-order valence-electron chi connectivity index (χ3n) is 5.39. The van der Waals surface area contributed by atoms with E-state index in [1.54, 1.807) is 12.1 Å². The molecule has 3 rings (SSSR count). The van der Waals surface area contributed by atoms with Crippen LogP contribution in [-0.2, 0) is 34.1 Å². The number of sulfonamides is 1. The van der Waals surface area contributed by atoms with Crippen molar-refractivity contribution in [1.29, 1.82) is 0 Å². The molecule has 2 aromatic carbocycles. The number of fused-ring (bicyclic) bond motifs is 1. The first-order valence-electron chi connectivity index (χ1n) is 10.4. The second-order valence-corrected chi connectivity index (χ2v) is 9.55. The number of carbonyl (C=O) groups is 1. The lowest BCUT2D eigenvalue weighted by atomic mass is 9.92. The molecule has 1 amide bonds. The molecule has 29 heavy (non-hydrogen) atoms. The van der Waals surface area contributed by atoms with Crippen molar-refractivity contribution in [3.8, 4) is 0 Å². The fraction of sp³-hybridized carbons (Fsp3) is 0.435. The standard InChI is InChI=1S/C23H30N2O3S/c1-18(11-12-19-7-3-2-4-8-19)25-23(26)15-16-24-29(27,28)22-14-13-20-9-5-6-10-21(20)17-22/h2-4,7-8,13-14,17-18,24H,5-6,9-12,15-16H2,1H3,(H,25,26). The largest absolute Gasteiger partial charge is 0.354 e. The summed E-state index contributed by atoms with van der Waals surface area (Å²) in [6.07, 6.45) is 6.08. The van der Waals surface area contributed by atoms with Crippen molar-refractivity contribution >= 4 is 15.9 Å². The SMILES string of the molecule is CC(CCc1ccccc1)NC(=O)CCNS(=O)(=O)c1ccc2c(c1)CCCC2. The van der Waals surface area contributed by atoms with Gasteiger partial charge in [0.25, 0.3) is 0 Å². The normalized spacial score (nSPS) is 14.8. The van der Waals surface area contributed by atoms with E-state index in [-0.39, 0.29) is 29.8 Å². The summed E-state index contributed by atoms with van der Waals surface area (Å²) in [6, 6.07) is 15.6. The van der Waals surface area contributed by atoms with Gasteiger partial charge in [-0.3, -0.25) is 4.79 Å². The van der Waals surface area contributed by atoms with E-state index in [1.807, 2.05) is 31.2 Å². The first kappa shape index (κ1) is 21.5. The van der Waals surface area contributed by atoms with E-state index in [4.69, 9.17) is 0 Å². The monoisotopic (exact) mass is 414 g/mol. The molecule has 6 heteroatoms. The van der Waals surface area contributed by atoms with Gasteiger partial charge in [0.15, 0.2) is 0 Å². The van der Waals surface area contributed by atoms with Crippen LogP contribution in [0.1, 0.15) is 49.3 Å². The number of hydrogen-bond donors (Lipinski definition) is 2. The molecule has 156 valence electrons. The Morgan fingerprint density at radius 2 is 1.76 bits per heavy atom. The Balaban J connectivity index is 1.43. The van der Waals surface area contributed by atoms with E-state index in [9.17, 15) is 13.2 Å². The summed E-state index contributed by atoms with van der Waals surface area (Å²) < 4.78 is 27.6. The molecular weight excluding hydrogens is 384 g/mol. The van der Waals surface area contributed by atoms with Gasteiger partial charge in [0, 0.05) is 19.0 Å². The van der Waals surface area contributed by atoms with Gasteiger partial charge in [0.2, 0.25) is 15.9 Å². The second kappa shape index (κ2) is 10.0. The van der Waals surface area contributed by atoms with Crippen molar-refractivity contribution in [2.24, 2.45) is 0 Å². The molecule has 2 N–H and O–H groups in total. The van der Waals surface area contributed by atoms with E-state index >= 15 is 0 Å². The van der Waals surface area contributed by atoms with E-state index in [0.717, 1.165) is 44.1 Å². The van der Waals surface area contributed by atoms with Gasteiger partial charge in [0.1, 0.15) is 0 Å². The molecule has 0 saturated heterocycles. The summed E-state index contributed by atoms with van der Waals surface area (Å²) >= 11 is 0. The van der Waals surface area contributed by atoms with Crippen molar-refractivity contribution < 1.29 is 13.2 Å². The van der Waals surface area contributed by atoms with Crippen molar-refractivity contribution in [1.82, 2.24) is 10.0 Å². The van der Waals surface area contributed by atoms with Crippen LogP contribution >= 0.6 is 0 Å². The molecule has 0 saturated carbocycles. The molecule has 0 aromatic heterocycles. The Morgan fingerprint density at radius 3 is 2.52 bits per heavy atom. The third-order valence-corrected chi connectivity index (χ3v) is 6.85. The maximum absolute atomic E-state index is 12.5. The number of rotatable bonds is 9. The zero-order valence-corrected chi connectivity index (χ0v) is 17.8. The van der Waals surface area contributed by atoms with Crippen molar-refractivity contribution in [3.63, 3.8) is 0 Å². The molecule has 1 unspecified atom stereocenters. The highest BCUT2D eigenvalue weighted by Gasteiger charge is 2.18. The molecule has 0 aliphatic heterocycles. The Kier molecular flexibility index (Phi) is 7.45. The zero-order chi connectivity index (χ0) is 20.7. The lowest BCUT2D eigenvalue weighted by molar-refractivity contribution is -0.121. The number of hydrogen-bond acceptors (Lipinski definition) is 3. The van der Waals surface area contributed by atoms with Crippen LogP contribution in [0.3, 0.4) is 0 Å². The highest BCUT2D eigenvalue weighted by atomic mass is 32.2. The molecule has 1 atom stereocenters. The quantitative estimate of drug-likeness (QED) is 0.661. The number of nitrogens with one attached hydrogen (secondary N) is 2. The predicted molar refractivity (Wildman–Crippen MR) is 115 cm³/mol. The number of amides is 1. The lowest BCUT2D eigenvalue weighted by Crippen LogP contribution is -2.35. The molecule has 0 heterocycles. The van der Waals surface area contributed by atoms with Gasteiger partial charge in [-0.1, -0.05) is 36.4 Å². The number of carbonyl (C=O) groups excluding carboxylic acids is 1. The van der Waals surface area contributed by atoms with E-state index < -0.39 is 10.0 Å². The van der Waals surface area contributed by atoms with Crippen molar-refractivity contribution in [3.05, 3.63) is 65.2 Å². The smallest absolute Gasteiger partial charge is 0.240 e. The Labute approximate surface area is 174 Å². The second-order valence-electron chi connectivity index (χ2n) is 7.78. The molecule has 5 nitrogen and oxygen atoms in total. The van der Waals surface area contributed by atoms with Gasteiger partial charge in [-0.25, -0.2) is 13.1 Å². The lowest BCUT2D eigenvalue weighted by Gasteiger charge is -2.17. The van der Waals surface area contributed by atoms with Gasteiger partial charge in [0.05, 0.1) is 4.90 Å². The summed E-state index contributed by atoms with van der Waals surface area (Å²) in [4.78, 5) is 12.4. The highest BCUT2D eigenvalue weighted by molar-refractivity contribution is 7.89. The molecule has 0 spiro atoms. The Bertz CT molecular complexity index is 926. The average molecular weight is 415 g/mol. The van der Waals surface area contributed by atoms with Crippen LogP contribution in [0.4, 0.5) is 0 Å². The minimum absolute atomic E-state index is 0.0416. The van der Waals surface area contributed by atoms with Crippen LogP contribution in [-0.4, -0.2) is 26.9 Å². The van der Waals surface area contributed by atoms with Gasteiger partial charge < -0.3 is 5.32 Å². The minimum atomic E-state index is -3.59. The highest BCUT2D eigenvalue weighted by Crippen LogP contribution is 2.24. The van der Waals surface area contributed by atoms with Crippen LogP contribution in [0, 0.1) is 0 Å².